The van der Waals surface area contributed by atoms with Gasteiger partial charge in [-0.05, 0) is 56.8 Å². The summed E-state index contributed by atoms with van der Waals surface area (Å²) in [6, 6.07) is 0. The minimum Gasteiger partial charge on any atom is -0.462 e. The van der Waals surface area contributed by atoms with Crippen LogP contribution in [0.4, 0.5) is 0 Å². The van der Waals surface area contributed by atoms with Crippen LogP contribution < -0.4 is 0 Å². The zero-order valence-corrected chi connectivity index (χ0v) is 38.1. The Bertz CT molecular complexity index is 1700. The zero-order chi connectivity index (χ0) is 44.8. The number of aliphatic hydroxyl groups excluding tert-OH is 3. The van der Waals surface area contributed by atoms with Gasteiger partial charge < -0.3 is 67.8 Å². The van der Waals surface area contributed by atoms with Gasteiger partial charge in [-0.25, -0.2) is 0 Å². The molecule has 0 aromatic heterocycles. The van der Waals surface area contributed by atoms with Crippen LogP contribution in [-0.2, 0) is 52.2 Å². The predicted octanol–water partition coefficient (Wildman–Crippen LogP) is 4.18. The van der Waals surface area contributed by atoms with Crippen molar-refractivity contribution in [3.63, 3.8) is 0 Å². The molecule has 6 aliphatic heterocycles. The third-order valence-electron chi connectivity index (χ3n) is 14.5. The first-order valence-electron chi connectivity index (χ1n) is 22.7. The number of fused-ring (bicyclic) bond motifs is 2. The second-order valence-corrected chi connectivity index (χ2v) is 19.3. The number of esters is 1. The van der Waals surface area contributed by atoms with Crippen molar-refractivity contribution < 1.29 is 72.6 Å². The van der Waals surface area contributed by atoms with E-state index in [1.807, 2.05) is 39.8 Å². The Morgan fingerprint density at radius 2 is 1.55 bits per heavy atom. The molecular formula is C47H72O15. The Morgan fingerprint density at radius 3 is 2.26 bits per heavy atom. The minimum absolute atomic E-state index is 0.0105. The lowest BCUT2D eigenvalue weighted by Gasteiger charge is -2.52. The molecule has 7 aliphatic rings. The van der Waals surface area contributed by atoms with Gasteiger partial charge in [-0.15, -0.1) is 0 Å². The van der Waals surface area contributed by atoms with Gasteiger partial charge in [-0.2, -0.15) is 0 Å². The van der Waals surface area contributed by atoms with Crippen LogP contribution in [0.2, 0.25) is 0 Å². The molecule has 5 fully saturated rings. The average Bonchev–Trinajstić information content (AvgIpc) is 3.56. The Kier molecular flexibility index (Phi) is 15.0. The average molecular weight is 877 g/mol. The summed E-state index contributed by atoms with van der Waals surface area (Å²) >= 11 is 0. The van der Waals surface area contributed by atoms with Crippen LogP contribution >= 0.6 is 0 Å². The van der Waals surface area contributed by atoms with Gasteiger partial charge in [0.2, 0.25) is 0 Å². The van der Waals surface area contributed by atoms with E-state index >= 15 is 0 Å². The molecule has 4 N–H and O–H groups in total. The fourth-order valence-corrected chi connectivity index (χ4v) is 10.9. The van der Waals surface area contributed by atoms with Crippen molar-refractivity contribution in [2.45, 2.75) is 197 Å². The maximum absolute atomic E-state index is 14.3. The summed E-state index contributed by atoms with van der Waals surface area (Å²) in [5.74, 6) is -3.24. The van der Waals surface area contributed by atoms with Gasteiger partial charge in [-0.3, -0.25) is 4.79 Å². The number of ether oxygens (including phenoxy) is 10. The van der Waals surface area contributed by atoms with Crippen LogP contribution in [0.5, 0.6) is 0 Å². The lowest BCUT2D eigenvalue weighted by atomic mass is 9.71. The van der Waals surface area contributed by atoms with Crippen molar-refractivity contribution >= 4 is 5.97 Å². The molecule has 0 aromatic carbocycles. The highest BCUT2D eigenvalue weighted by Gasteiger charge is 2.60. The van der Waals surface area contributed by atoms with Crippen molar-refractivity contribution in [2.75, 3.05) is 20.8 Å². The monoisotopic (exact) mass is 876 g/mol. The number of hydrogen-bond donors (Lipinski definition) is 4. The fraction of sp³-hybridized carbons (Fsp3) is 0.809. The zero-order valence-electron chi connectivity index (χ0n) is 38.1. The lowest BCUT2D eigenvalue weighted by Crippen LogP contribution is -2.60. The van der Waals surface area contributed by atoms with E-state index in [1.165, 1.54) is 0 Å². The summed E-state index contributed by atoms with van der Waals surface area (Å²) in [7, 11) is 3.20. The fourth-order valence-electron chi connectivity index (χ4n) is 10.9. The molecule has 0 radical (unpaired) electrons. The Labute approximate surface area is 366 Å². The first-order valence-corrected chi connectivity index (χ1v) is 22.7. The van der Waals surface area contributed by atoms with Crippen LogP contribution in [0.3, 0.4) is 0 Å². The molecular weight excluding hydrogens is 805 g/mol. The van der Waals surface area contributed by atoms with E-state index in [9.17, 15) is 25.2 Å². The number of rotatable bonds is 7. The number of aliphatic hydroxyl groups is 4. The molecule has 1 unspecified atom stereocenters. The van der Waals surface area contributed by atoms with Gasteiger partial charge in [0.1, 0.15) is 42.0 Å². The molecule has 2 bridgehead atoms. The number of carbonyl (C=O) groups is 1. The summed E-state index contributed by atoms with van der Waals surface area (Å²) in [6.07, 6.45) is 2.11. The molecule has 62 heavy (non-hydrogen) atoms. The largest absolute Gasteiger partial charge is 0.462 e. The second-order valence-electron chi connectivity index (χ2n) is 19.3. The van der Waals surface area contributed by atoms with E-state index in [4.69, 9.17) is 47.4 Å². The topological polar surface area (TPSA) is 190 Å². The minimum atomic E-state index is -1.87. The molecule has 15 nitrogen and oxygen atoms in total. The number of carbonyl (C=O) groups excluding carboxylic acids is 1. The molecule has 7 rings (SSSR count). The summed E-state index contributed by atoms with van der Waals surface area (Å²) in [5, 5.41) is 45.6. The summed E-state index contributed by atoms with van der Waals surface area (Å²) < 4.78 is 63.4. The van der Waals surface area contributed by atoms with Crippen LogP contribution in [0, 0.1) is 23.7 Å². The Hall–Kier alpha value is -2.09. The molecule has 5 saturated heterocycles. The van der Waals surface area contributed by atoms with E-state index < -0.39 is 109 Å². The molecule has 0 amide bonds. The molecule has 20 atom stereocenters. The van der Waals surface area contributed by atoms with Gasteiger partial charge in [0.15, 0.2) is 18.4 Å². The summed E-state index contributed by atoms with van der Waals surface area (Å²) in [4.78, 5) is 14.3. The van der Waals surface area contributed by atoms with Crippen molar-refractivity contribution in [2.24, 2.45) is 23.7 Å². The van der Waals surface area contributed by atoms with Gasteiger partial charge in [0, 0.05) is 58.2 Å². The molecule has 350 valence electrons. The van der Waals surface area contributed by atoms with Crippen LogP contribution in [0.1, 0.15) is 93.9 Å². The highest BCUT2D eigenvalue weighted by Crippen LogP contribution is 2.48. The second kappa shape index (κ2) is 19.4. The van der Waals surface area contributed by atoms with Crippen LogP contribution in [0.15, 0.2) is 47.1 Å². The molecule has 0 saturated carbocycles. The predicted molar refractivity (Wildman–Crippen MR) is 224 cm³/mol. The molecule has 1 aliphatic carbocycles. The summed E-state index contributed by atoms with van der Waals surface area (Å²) in [6.45, 7) is 15.6. The molecule has 0 aromatic rings. The number of methoxy groups -OCH3 is 2. The van der Waals surface area contributed by atoms with Gasteiger partial charge >= 0.3 is 5.97 Å². The van der Waals surface area contributed by atoms with Crippen LogP contribution in [0.25, 0.3) is 0 Å². The van der Waals surface area contributed by atoms with Crippen molar-refractivity contribution in [1.82, 2.24) is 0 Å². The van der Waals surface area contributed by atoms with E-state index in [1.54, 1.807) is 40.2 Å². The van der Waals surface area contributed by atoms with E-state index in [0.29, 0.717) is 36.8 Å². The number of hydrogen-bond acceptors (Lipinski definition) is 15. The first-order chi connectivity index (χ1) is 29.4. The third kappa shape index (κ3) is 9.58. The quantitative estimate of drug-likeness (QED) is 0.210. The highest BCUT2D eigenvalue weighted by atomic mass is 16.7. The Balaban J connectivity index is 1.18. The first kappa shape index (κ1) is 47.9. The van der Waals surface area contributed by atoms with Gasteiger partial charge in [0.25, 0.3) is 0 Å². The molecule has 6 heterocycles. The van der Waals surface area contributed by atoms with Crippen molar-refractivity contribution in [3.8, 4) is 0 Å². The highest BCUT2D eigenvalue weighted by molar-refractivity contribution is 5.78. The SMILES string of the molecule is CO[C@H]1C[C@H](O[C@H]2[C@H](C)O[C@@H](O[C@@H]3/C(C)=C\C[C@@H]4C[C@@H](C[C@]5(CC(O)[C@H](C)[C@@H](C(C)C)O5)O4)OC(=O)[C@@H]4C=C(C)[C@@H](O)[C@H]5OC/C(=C/C=C\[C@@H]3C)[C@]54O)C[C@@H]2OC)O[C@@H](C)[C@@H]1O. The maximum Gasteiger partial charge on any atom is 0.316 e. The van der Waals surface area contributed by atoms with E-state index in [-0.39, 0.29) is 43.3 Å². The van der Waals surface area contributed by atoms with E-state index in [2.05, 4.69) is 19.9 Å². The number of allylic oxidation sites excluding steroid dienone is 2. The maximum atomic E-state index is 14.3. The molecule has 15 heteroatoms. The smallest absolute Gasteiger partial charge is 0.316 e. The molecule has 1 spiro atoms. The van der Waals surface area contributed by atoms with Crippen molar-refractivity contribution in [1.29, 1.82) is 0 Å². The third-order valence-corrected chi connectivity index (χ3v) is 14.5. The lowest BCUT2D eigenvalue weighted by molar-refractivity contribution is -0.353. The summed E-state index contributed by atoms with van der Waals surface area (Å²) in [5.41, 5.74) is 0.0192. The van der Waals surface area contributed by atoms with E-state index in [0.717, 1.165) is 5.57 Å². The van der Waals surface area contributed by atoms with Gasteiger partial charge in [0.05, 0.1) is 55.4 Å². The Morgan fingerprint density at radius 1 is 0.855 bits per heavy atom. The van der Waals surface area contributed by atoms with Crippen molar-refractivity contribution in [3.05, 3.63) is 47.1 Å². The normalized spacial score (nSPS) is 50.2. The van der Waals surface area contributed by atoms with Gasteiger partial charge in [-0.1, -0.05) is 58.1 Å². The van der Waals surface area contributed by atoms with Crippen LogP contribution in [-0.4, -0.2) is 151 Å². The standard InChI is InChI=1S/C47H72O15/c1-23(2)41-27(6)34(48)21-46(62-41)20-32-17-31(61-46)15-14-25(4)42(24(3)12-11-13-30-22-55-44-39(49)26(5)16-33(45(51)58-32)47(30,44)52)59-38-19-36(54-10)43(29(8)57-38)60-37-18-35(53-9)40(50)28(7)56-37/h11-14,16,23-24,27-29,31-44,48-50,52H,15,17-22H2,1-10H3/b12-11-,25-14-,30-13-/t24-,27-,28-,29-,31+,32-,33-,34?,35-,36-,37-,38-,39+,40-,41+,42-,43-,44+,46-,47+/m0/s1.